The van der Waals surface area contributed by atoms with Gasteiger partial charge in [0.25, 0.3) is 0 Å². The van der Waals surface area contributed by atoms with Crippen LogP contribution in [-0.2, 0) is 6.42 Å². The van der Waals surface area contributed by atoms with E-state index in [1.54, 1.807) is 19.1 Å². The second-order valence-corrected chi connectivity index (χ2v) is 4.74. The number of rotatable bonds is 4. The van der Waals surface area contributed by atoms with Gasteiger partial charge in [-0.15, -0.1) is 12.4 Å². The molecule has 2 aromatic rings. The monoisotopic (exact) mass is 295 g/mol. The lowest BCUT2D eigenvalue weighted by atomic mass is 9.94. The maximum absolute atomic E-state index is 13.5. The minimum absolute atomic E-state index is 0. The summed E-state index contributed by atoms with van der Waals surface area (Å²) in [4.78, 5) is 0. The van der Waals surface area contributed by atoms with Gasteiger partial charge in [-0.1, -0.05) is 42.5 Å². The molecule has 108 valence electrons. The fraction of sp³-hybridized carbons (Fsp3) is 0.250. The normalized spacial score (nSPS) is 13.4. The van der Waals surface area contributed by atoms with Gasteiger partial charge >= 0.3 is 0 Å². The lowest BCUT2D eigenvalue weighted by molar-refractivity contribution is 0.144. The van der Waals surface area contributed by atoms with Crippen LogP contribution in [0.5, 0.6) is 0 Å². The maximum Gasteiger partial charge on any atom is 0.126 e. The van der Waals surface area contributed by atoms with Crippen molar-refractivity contribution in [1.29, 1.82) is 0 Å². The van der Waals surface area contributed by atoms with Gasteiger partial charge in [-0.2, -0.15) is 0 Å². The van der Waals surface area contributed by atoms with Crippen LogP contribution in [0.2, 0.25) is 0 Å². The highest BCUT2D eigenvalue weighted by atomic mass is 35.5. The first-order valence-corrected chi connectivity index (χ1v) is 6.32. The van der Waals surface area contributed by atoms with Crippen LogP contribution in [0.3, 0.4) is 0 Å². The first kappa shape index (κ1) is 16.6. The van der Waals surface area contributed by atoms with Crippen molar-refractivity contribution >= 4 is 12.4 Å². The molecule has 20 heavy (non-hydrogen) atoms. The highest BCUT2D eigenvalue weighted by Gasteiger charge is 2.20. The summed E-state index contributed by atoms with van der Waals surface area (Å²) < 4.78 is 13.5. The van der Waals surface area contributed by atoms with E-state index in [1.807, 2.05) is 30.3 Å². The lowest BCUT2D eigenvalue weighted by Crippen LogP contribution is -2.29. The van der Waals surface area contributed by atoms with Crippen molar-refractivity contribution in [2.75, 3.05) is 0 Å². The number of halogens is 2. The third-order valence-electron chi connectivity index (χ3n) is 3.37. The summed E-state index contributed by atoms with van der Waals surface area (Å²) in [5.74, 6) is -0.292. The first-order chi connectivity index (χ1) is 9.09. The summed E-state index contributed by atoms with van der Waals surface area (Å²) in [6.45, 7) is 1.68. The molecule has 2 rings (SSSR count). The fourth-order valence-electron chi connectivity index (χ4n) is 2.18. The summed E-state index contributed by atoms with van der Waals surface area (Å²) in [6.07, 6.45) is -0.277. The van der Waals surface area contributed by atoms with Crippen molar-refractivity contribution in [3.63, 3.8) is 0 Å². The van der Waals surface area contributed by atoms with E-state index in [9.17, 15) is 9.50 Å². The molecule has 0 heterocycles. The molecule has 0 bridgehead atoms. The average molecular weight is 296 g/mol. The van der Waals surface area contributed by atoms with E-state index < -0.39 is 12.1 Å². The van der Waals surface area contributed by atoms with Crippen LogP contribution in [-0.4, -0.2) is 11.2 Å². The molecular weight excluding hydrogens is 277 g/mol. The van der Waals surface area contributed by atoms with Crippen molar-refractivity contribution in [2.45, 2.75) is 25.5 Å². The van der Waals surface area contributed by atoms with Crippen LogP contribution in [0.1, 0.15) is 22.7 Å². The minimum atomic E-state index is -0.733. The smallest absolute Gasteiger partial charge is 0.126 e. The van der Waals surface area contributed by atoms with E-state index >= 15 is 0 Å². The number of hydrogen-bond acceptors (Lipinski definition) is 2. The first-order valence-electron chi connectivity index (χ1n) is 6.32. The van der Waals surface area contributed by atoms with Gasteiger partial charge in [0, 0.05) is 6.42 Å². The molecule has 0 radical (unpaired) electrons. The van der Waals surface area contributed by atoms with E-state index in [2.05, 4.69) is 0 Å². The van der Waals surface area contributed by atoms with Gasteiger partial charge in [-0.25, -0.2) is 4.39 Å². The van der Waals surface area contributed by atoms with Crippen LogP contribution in [0.15, 0.2) is 48.5 Å². The van der Waals surface area contributed by atoms with Crippen LogP contribution in [0.4, 0.5) is 4.39 Å². The van der Waals surface area contributed by atoms with Gasteiger partial charge < -0.3 is 10.8 Å². The molecule has 0 amide bonds. The molecule has 0 aromatic heterocycles. The molecule has 0 spiro atoms. The van der Waals surface area contributed by atoms with Crippen molar-refractivity contribution in [1.82, 2.24) is 0 Å². The van der Waals surface area contributed by atoms with Crippen molar-refractivity contribution in [2.24, 2.45) is 5.73 Å². The van der Waals surface area contributed by atoms with Gasteiger partial charge in [-0.3, -0.25) is 0 Å². The fourth-order valence-corrected chi connectivity index (χ4v) is 2.18. The van der Waals surface area contributed by atoms with Crippen LogP contribution in [0.25, 0.3) is 0 Å². The van der Waals surface area contributed by atoms with E-state index in [1.165, 1.54) is 6.07 Å². The zero-order valence-electron chi connectivity index (χ0n) is 11.3. The van der Waals surface area contributed by atoms with Crippen molar-refractivity contribution < 1.29 is 9.50 Å². The second-order valence-electron chi connectivity index (χ2n) is 4.74. The van der Waals surface area contributed by atoms with Crippen LogP contribution in [0, 0.1) is 12.7 Å². The number of nitrogens with two attached hydrogens (primary N) is 1. The van der Waals surface area contributed by atoms with Gasteiger partial charge in [0.2, 0.25) is 0 Å². The van der Waals surface area contributed by atoms with Gasteiger partial charge in [0.1, 0.15) is 5.82 Å². The van der Waals surface area contributed by atoms with Crippen LogP contribution >= 0.6 is 12.4 Å². The molecule has 0 saturated carbocycles. The molecule has 0 unspecified atom stereocenters. The Hall–Kier alpha value is -1.42. The molecule has 0 aliphatic heterocycles. The third kappa shape index (κ3) is 3.79. The molecule has 0 saturated heterocycles. The maximum atomic E-state index is 13.5. The zero-order chi connectivity index (χ0) is 13.8. The number of hydrogen-bond donors (Lipinski definition) is 2. The van der Waals surface area contributed by atoms with E-state index in [0.29, 0.717) is 17.5 Å². The van der Waals surface area contributed by atoms with Crippen LogP contribution < -0.4 is 5.73 Å². The average Bonchev–Trinajstić information content (AvgIpc) is 2.42. The highest BCUT2D eigenvalue weighted by Crippen LogP contribution is 2.22. The van der Waals surface area contributed by atoms with Gasteiger partial charge in [0.15, 0.2) is 0 Å². The summed E-state index contributed by atoms with van der Waals surface area (Å²) >= 11 is 0. The molecule has 0 fully saturated rings. The Morgan fingerprint density at radius 2 is 1.75 bits per heavy atom. The Bertz CT molecular complexity index is 547. The Morgan fingerprint density at radius 3 is 2.40 bits per heavy atom. The Morgan fingerprint density at radius 1 is 1.10 bits per heavy atom. The minimum Gasteiger partial charge on any atom is -0.391 e. The number of benzene rings is 2. The van der Waals surface area contributed by atoms with E-state index in [4.69, 9.17) is 5.73 Å². The van der Waals surface area contributed by atoms with E-state index in [-0.39, 0.29) is 18.2 Å². The standard InChI is InChI=1S/C16H18FNO.ClH/c1-11-13(8-5-9-14(11)17)16(18)15(19)10-12-6-3-2-4-7-12;/h2-9,15-16,19H,10,18H2,1H3;1H/t15-,16+;/m0./s1. The number of aliphatic hydroxyl groups excluding tert-OH is 1. The Labute approximate surface area is 124 Å². The second kappa shape index (κ2) is 7.39. The summed E-state index contributed by atoms with van der Waals surface area (Å²) in [7, 11) is 0. The quantitative estimate of drug-likeness (QED) is 0.910. The van der Waals surface area contributed by atoms with Gasteiger partial charge in [-0.05, 0) is 29.7 Å². The molecule has 0 aliphatic rings. The molecule has 3 N–H and O–H groups in total. The lowest BCUT2D eigenvalue weighted by Gasteiger charge is -2.21. The molecular formula is C16H19ClFNO. The SMILES string of the molecule is Cc1c(F)cccc1[C@@H](N)[C@@H](O)Cc1ccccc1.Cl. The molecule has 2 aromatic carbocycles. The Balaban J connectivity index is 0.00000200. The predicted molar refractivity (Wildman–Crippen MR) is 81.5 cm³/mol. The summed E-state index contributed by atoms with van der Waals surface area (Å²) in [5.41, 5.74) is 8.21. The zero-order valence-corrected chi connectivity index (χ0v) is 12.1. The molecule has 2 nitrogen and oxygen atoms in total. The van der Waals surface area contributed by atoms with E-state index in [0.717, 1.165) is 5.56 Å². The van der Waals surface area contributed by atoms with Crippen molar-refractivity contribution in [3.8, 4) is 0 Å². The largest absolute Gasteiger partial charge is 0.391 e. The third-order valence-corrected chi connectivity index (χ3v) is 3.37. The predicted octanol–water partition coefficient (Wildman–Crippen LogP) is 3.16. The highest BCUT2D eigenvalue weighted by molar-refractivity contribution is 5.85. The molecule has 4 heteroatoms. The van der Waals surface area contributed by atoms with Gasteiger partial charge in [0.05, 0.1) is 12.1 Å². The summed E-state index contributed by atoms with van der Waals surface area (Å²) in [5, 5.41) is 10.2. The number of aliphatic hydroxyl groups is 1. The Kier molecular flexibility index (Phi) is 6.14. The van der Waals surface area contributed by atoms with Crippen molar-refractivity contribution in [3.05, 3.63) is 71.0 Å². The topological polar surface area (TPSA) is 46.2 Å². The molecule has 2 atom stereocenters. The summed E-state index contributed by atoms with van der Waals surface area (Å²) in [6, 6.07) is 13.8. The molecule has 0 aliphatic carbocycles.